The van der Waals surface area contributed by atoms with Gasteiger partial charge in [0.15, 0.2) is 0 Å². The summed E-state index contributed by atoms with van der Waals surface area (Å²) in [6, 6.07) is 13.7. The van der Waals surface area contributed by atoms with E-state index in [0.717, 1.165) is 21.1 Å². The molecule has 0 aliphatic heterocycles. The Morgan fingerprint density at radius 2 is 1.87 bits per heavy atom. The zero-order chi connectivity index (χ0) is 22.4. The molecule has 5 nitrogen and oxygen atoms in total. The molecule has 0 fully saturated rings. The fourth-order valence-electron chi connectivity index (χ4n) is 2.77. The number of para-hydroxylation sites is 1. The van der Waals surface area contributed by atoms with Crippen LogP contribution in [0.3, 0.4) is 0 Å². The SMILES string of the molecule is COc1ccccc1Sc1ccc(CCC(C)(CO)NC(=O)OC(C)(C)C)c(Cl)c1. The molecule has 2 N–H and O–H groups in total. The van der Waals surface area contributed by atoms with Gasteiger partial charge >= 0.3 is 6.09 Å². The predicted molar refractivity (Wildman–Crippen MR) is 122 cm³/mol. The molecule has 0 saturated carbocycles. The Kier molecular flexibility index (Phi) is 8.47. The van der Waals surface area contributed by atoms with E-state index in [-0.39, 0.29) is 6.61 Å². The van der Waals surface area contributed by atoms with Gasteiger partial charge in [0.2, 0.25) is 0 Å². The number of aliphatic hydroxyl groups is 1. The number of ether oxygens (including phenoxy) is 2. The van der Waals surface area contributed by atoms with Crippen LogP contribution in [0.1, 0.15) is 39.7 Å². The number of carbonyl (C=O) groups is 1. The van der Waals surface area contributed by atoms with E-state index in [1.54, 1.807) is 46.6 Å². The molecular weight excluding hydrogens is 422 g/mol. The minimum atomic E-state index is -0.809. The summed E-state index contributed by atoms with van der Waals surface area (Å²) >= 11 is 8.10. The Balaban J connectivity index is 2.03. The molecule has 30 heavy (non-hydrogen) atoms. The van der Waals surface area contributed by atoms with E-state index >= 15 is 0 Å². The highest BCUT2D eigenvalue weighted by Gasteiger charge is 2.28. The highest BCUT2D eigenvalue weighted by molar-refractivity contribution is 7.99. The molecule has 0 bridgehead atoms. The van der Waals surface area contributed by atoms with Crippen molar-refractivity contribution in [2.24, 2.45) is 0 Å². The van der Waals surface area contributed by atoms with Gasteiger partial charge in [0, 0.05) is 9.92 Å². The van der Waals surface area contributed by atoms with E-state index in [2.05, 4.69) is 5.32 Å². The second-order valence-electron chi connectivity index (χ2n) is 8.35. The van der Waals surface area contributed by atoms with Crippen molar-refractivity contribution in [2.75, 3.05) is 13.7 Å². The lowest BCUT2D eigenvalue weighted by atomic mass is 9.94. The van der Waals surface area contributed by atoms with Crippen LogP contribution < -0.4 is 10.1 Å². The molecule has 0 spiro atoms. The minimum absolute atomic E-state index is 0.203. The lowest BCUT2D eigenvalue weighted by molar-refractivity contribution is 0.0407. The summed E-state index contributed by atoms with van der Waals surface area (Å²) in [6.45, 7) is 6.98. The van der Waals surface area contributed by atoms with Crippen LogP contribution in [0.5, 0.6) is 5.75 Å². The summed E-state index contributed by atoms with van der Waals surface area (Å²) in [6.07, 6.45) is 0.570. The number of aliphatic hydroxyl groups excluding tert-OH is 1. The highest BCUT2D eigenvalue weighted by atomic mass is 35.5. The summed E-state index contributed by atoms with van der Waals surface area (Å²) in [5.41, 5.74) is -0.457. The van der Waals surface area contributed by atoms with Crippen LogP contribution >= 0.6 is 23.4 Å². The van der Waals surface area contributed by atoms with Gasteiger partial charge in [-0.05, 0) is 70.4 Å². The molecule has 1 atom stereocenters. The first kappa shape index (κ1) is 24.4. The van der Waals surface area contributed by atoms with Crippen molar-refractivity contribution in [3.63, 3.8) is 0 Å². The van der Waals surface area contributed by atoms with E-state index in [1.165, 1.54) is 0 Å². The normalized spacial score (nSPS) is 13.4. The van der Waals surface area contributed by atoms with Crippen LogP contribution in [0.2, 0.25) is 5.02 Å². The molecule has 0 aliphatic carbocycles. The first-order valence-electron chi connectivity index (χ1n) is 9.76. The molecule has 0 radical (unpaired) electrons. The van der Waals surface area contributed by atoms with Crippen LogP contribution in [-0.2, 0) is 11.2 Å². The van der Waals surface area contributed by atoms with Crippen molar-refractivity contribution in [2.45, 2.75) is 61.5 Å². The molecule has 2 aromatic rings. The number of alkyl carbamates (subject to hydrolysis) is 1. The number of carbonyl (C=O) groups excluding carboxylic acids is 1. The Morgan fingerprint density at radius 3 is 2.47 bits per heavy atom. The largest absolute Gasteiger partial charge is 0.496 e. The summed E-state index contributed by atoms with van der Waals surface area (Å²) in [4.78, 5) is 14.1. The van der Waals surface area contributed by atoms with E-state index in [0.29, 0.717) is 17.9 Å². The fraction of sp³-hybridized carbons (Fsp3) is 0.435. The number of rotatable bonds is 8. The summed E-state index contributed by atoms with van der Waals surface area (Å²) in [5.74, 6) is 0.814. The predicted octanol–water partition coefficient (Wildman–Crippen LogP) is 5.71. The lowest BCUT2D eigenvalue weighted by Crippen LogP contribution is -2.50. The third-order valence-electron chi connectivity index (χ3n) is 4.42. The summed E-state index contributed by atoms with van der Waals surface area (Å²) in [5, 5.41) is 13.2. The van der Waals surface area contributed by atoms with Crippen LogP contribution in [0.4, 0.5) is 4.79 Å². The third kappa shape index (κ3) is 7.42. The smallest absolute Gasteiger partial charge is 0.408 e. The Labute approximate surface area is 188 Å². The van der Waals surface area contributed by atoms with Gasteiger partial charge in [0.05, 0.1) is 24.2 Å². The Hall–Kier alpha value is -1.89. The topological polar surface area (TPSA) is 67.8 Å². The van der Waals surface area contributed by atoms with Gasteiger partial charge in [-0.2, -0.15) is 0 Å². The van der Waals surface area contributed by atoms with E-state index < -0.39 is 17.2 Å². The number of nitrogens with one attached hydrogen (secondary N) is 1. The molecule has 0 aliphatic rings. The van der Waals surface area contributed by atoms with Crippen molar-refractivity contribution in [3.05, 3.63) is 53.1 Å². The van der Waals surface area contributed by atoms with Gasteiger partial charge in [0.1, 0.15) is 11.4 Å². The standard InChI is InChI=1S/C23H30ClNO4S/c1-22(2,3)29-21(27)25-23(4,15-26)13-12-16-10-11-17(14-18(16)24)30-20-9-7-6-8-19(20)28-5/h6-11,14,26H,12-13,15H2,1-5H3,(H,25,27). The Bertz CT molecular complexity index is 869. The van der Waals surface area contributed by atoms with Gasteiger partial charge in [-0.1, -0.05) is 41.6 Å². The van der Waals surface area contributed by atoms with E-state index in [1.807, 2.05) is 42.5 Å². The van der Waals surface area contributed by atoms with Crippen LogP contribution in [0.25, 0.3) is 0 Å². The number of amides is 1. The van der Waals surface area contributed by atoms with Crippen LogP contribution in [0, 0.1) is 0 Å². The maximum atomic E-state index is 12.1. The average molecular weight is 452 g/mol. The second kappa shape index (κ2) is 10.4. The third-order valence-corrected chi connectivity index (χ3v) is 5.82. The first-order valence-corrected chi connectivity index (χ1v) is 11.0. The first-order chi connectivity index (χ1) is 14.0. The van der Waals surface area contributed by atoms with Crippen molar-refractivity contribution in [1.29, 1.82) is 0 Å². The molecule has 0 saturated heterocycles. The lowest BCUT2D eigenvalue weighted by Gasteiger charge is -2.30. The van der Waals surface area contributed by atoms with Crippen molar-refractivity contribution >= 4 is 29.5 Å². The van der Waals surface area contributed by atoms with E-state index in [9.17, 15) is 9.90 Å². The molecule has 1 unspecified atom stereocenters. The monoisotopic (exact) mass is 451 g/mol. The molecule has 7 heteroatoms. The highest BCUT2D eigenvalue weighted by Crippen LogP contribution is 2.36. The maximum Gasteiger partial charge on any atom is 0.408 e. The van der Waals surface area contributed by atoms with E-state index in [4.69, 9.17) is 21.1 Å². The quantitative estimate of drug-likeness (QED) is 0.538. The van der Waals surface area contributed by atoms with Crippen LogP contribution in [-0.4, -0.2) is 36.1 Å². The number of methoxy groups -OCH3 is 1. The van der Waals surface area contributed by atoms with Gasteiger partial charge in [0.25, 0.3) is 0 Å². The molecule has 1 amide bonds. The number of benzene rings is 2. The van der Waals surface area contributed by atoms with Crippen molar-refractivity contribution in [1.82, 2.24) is 5.32 Å². The molecule has 0 aromatic heterocycles. The summed E-state index contributed by atoms with van der Waals surface area (Å²) in [7, 11) is 1.65. The maximum absolute atomic E-state index is 12.1. The van der Waals surface area contributed by atoms with Gasteiger partial charge in [-0.15, -0.1) is 0 Å². The minimum Gasteiger partial charge on any atom is -0.496 e. The average Bonchev–Trinajstić information content (AvgIpc) is 2.66. The van der Waals surface area contributed by atoms with Gasteiger partial charge in [-0.25, -0.2) is 4.79 Å². The molecular formula is C23H30ClNO4S. The van der Waals surface area contributed by atoms with Crippen molar-refractivity contribution in [3.8, 4) is 5.75 Å². The molecule has 2 aromatic carbocycles. The number of hydrogen-bond donors (Lipinski definition) is 2. The molecule has 164 valence electrons. The van der Waals surface area contributed by atoms with Crippen molar-refractivity contribution < 1.29 is 19.4 Å². The van der Waals surface area contributed by atoms with Gasteiger partial charge in [-0.3, -0.25) is 0 Å². The zero-order valence-electron chi connectivity index (χ0n) is 18.1. The Morgan fingerprint density at radius 1 is 1.17 bits per heavy atom. The molecule has 0 heterocycles. The number of hydrogen-bond acceptors (Lipinski definition) is 5. The second-order valence-corrected chi connectivity index (χ2v) is 9.87. The fourth-order valence-corrected chi connectivity index (χ4v) is 4.07. The van der Waals surface area contributed by atoms with Crippen LogP contribution in [0.15, 0.2) is 52.3 Å². The zero-order valence-corrected chi connectivity index (χ0v) is 19.7. The van der Waals surface area contributed by atoms with Gasteiger partial charge < -0.3 is 19.9 Å². The molecule has 2 rings (SSSR count). The number of halogens is 1. The number of aryl methyl sites for hydroxylation is 1. The summed E-state index contributed by atoms with van der Waals surface area (Å²) < 4.78 is 10.7.